The fraction of sp³-hybridized carbons (Fsp3) is 0.519. The molecule has 1 heterocycles. The van der Waals surface area contributed by atoms with Gasteiger partial charge in [-0.1, -0.05) is 38.1 Å². The highest BCUT2D eigenvalue weighted by molar-refractivity contribution is 5.94. The molecule has 2 aromatic rings. The van der Waals surface area contributed by atoms with Gasteiger partial charge >= 0.3 is 0 Å². The second kappa shape index (κ2) is 12.7. The Morgan fingerprint density at radius 2 is 1.94 bits per heavy atom. The second-order valence-electron chi connectivity index (χ2n) is 9.19. The third kappa shape index (κ3) is 7.84. The Hall–Kier alpha value is -2.41. The third-order valence-electron chi connectivity index (χ3n) is 5.94. The SMILES string of the molecule is CC(C)CCN1CCOCCOc2ccc(C(=O)N(C)CCO)cc2Cc2cccc(c2)C1. The zero-order valence-electron chi connectivity index (χ0n) is 20.3. The highest BCUT2D eigenvalue weighted by Crippen LogP contribution is 2.25. The predicted octanol–water partition coefficient (Wildman–Crippen LogP) is 3.60. The maximum Gasteiger partial charge on any atom is 0.253 e. The van der Waals surface area contributed by atoms with Crippen LogP contribution in [-0.2, 0) is 17.7 Å². The number of aliphatic hydroxyl groups excluding tert-OH is 1. The van der Waals surface area contributed by atoms with E-state index in [0.29, 0.717) is 44.3 Å². The molecule has 0 aromatic heterocycles. The van der Waals surface area contributed by atoms with Crippen molar-refractivity contribution in [1.82, 2.24) is 9.80 Å². The summed E-state index contributed by atoms with van der Waals surface area (Å²) in [5.74, 6) is 1.34. The van der Waals surface area contributed by atoms with Crippen LogP contribution < -0.4 is 4.74 Å². The summed E-state index contributed by atoms with van der Waals surface area (Å²) >= 11 is 0. The van der Waals surface area contributed by atoms with Crippen LogP contribution in [0.4, 0.5) is 0 Å². The molecular weight excluding hydrogens is 416 g/mol. The number of hydrogen-bond donors (Lipinski definition) is 1. The number of fused-ring (bicyclic) bond motifs is 3. The van der Waals surface area contributed by atoms with Crippen molar-refractivity contribution < 1.29 is 19.4 Å². The average Bonchev–Trinajstić information content (AvgIpc) is 2.79. The second-order valence-corrected chi connectivity index (χ2v) is 9.19. The molecule has 6 heteroatoms. The van der Waals surface area contributed by atoms with E-state index in [1.165, 1.54) is 16.0 Å². The number of benzene rings is 2. The largest absolute Gasteiger partial charge is 0.491 e. The van der Waals surface area contributed by atoms with Crippen molar-refractivity contribution in [2.45, 2.75) is 33.2 Å². The summed E-state index contributed by atoms with van der Waals surface area (Å²) in [4.78, 5) is 16.8. The van der Waals surface area contributed by atoms with Gasteiger partial charge in [0.2, 0.25) is 0 Å². The average molecular weight is 455 g/mol. The Morgan fingerprint density at radius 1 is 1.12 bits per heavy atom. The van der Waals surface area contributed by atoms with Crippen LogP contribution in [0.5, 0.6) is 5.75 Å². The normalized spacial score (nSPS) is 15.4. The maximum atomic E-state index is 12.8. The molecule has 3 rings (SSSR count). The van der Waals surface area contributed by atoms with Gasteiger partial charge in [0.15, 0.2) is 0 Å². The molecule has 1 aliphatic heterocycles. The fourth-order valence-electron chi connectivity index (χ4n) is 4.00. The smallest absolute Gasteiger partial charge is 0.253 e. The van der Waals surface area contributed by atoms with E-state index in [2.05, 4.69) is 43.0 Å². The zero-order valence-corrected chi connectivity index (χ0v) is 20.3. The molecule has 33 heavy (non-hydrogen) atoms. The Bertz CT molecular complexity index is 899. The van der Waals surface area contributed by atoms with Gasteiger partial charge in [-0.3, -0.25) is 9.69 Å². The van der Waals surface area contributed by atoms with Gasteiger partial charge in [-0.15, -0.1) is 0 Å². The number of aliphatic hydroxyl groups is 1. The lowest BCUT2D eigenvalue weighted by atomic mass is 9.99. The fourth-order valence-corrected chi connectivity index (χ4v) is 4.00. The summed E-state index contributed by atoms with van der Waals surface area (Å²) in [7, 11) is 1.70. The van der Waals surface area contributed by atoms with Crippen molar-refractivity contribution in [2.24, 2.45) is 5.92 Å². The van der Waals surface area contributed by atoms with Crippen LogP contribution in [0.1, 0.15) is 47.3 Å². The summed E-state index contributed by atoms with van der Waals surface area (Å²) in [5.41, 5.74) is 4.05. The van der Waals surface area contributed by atoms with Gasteiger partial charge in [-0.25, -0.2) is 0 Å². The van der Waals surface area contributed by atoms with Crippen molar-refractivity contribution in [1.29, 1.82) is 0 Å². The van der Waals surface area contributed by atoms with Crippen molar-refractivity contribution in [3.63, 3.8) is 0 Å². The van der Waals surface area contributed by atoms with Gasteiger partial charge in [0.25, 0.3) is 5.91 Å². The number of hydrogen-bond acceptors (Lipinski definition) is 5. The monoisotopic (exact) mass is 454 g/mol. The lowest BCUT2D eigenvalue weighted by Gasteiger charge is -2.24. The van der Waals surface area contributed by atoms with Crippen molar-refractivity contribution >= 4 is 5.91 Å². The van der Waals surface area contributed by atoms with Gasteiger partial charge in [-0.05, 0) is 53.8 Å². The molecule has 180 valence electrons. The number of likely N-dealkylation sites (N-methyl/N-ethyl adjacent to an activating group) is 1. The van der Waals surface area contributed by atoms with Crippen LogP contribution in [0, 0.1) is 5.92 Å². The Morgan fingerprint density at radius 3 is 2.73 bits per heavy atom. The molecule has 0 saturated carbocycles. The van der Waals surface area contributed by atoms with E-state index in [0.717, 1.165) is 37.4 Å². The Labute approximate surface area is 198 Å². The van der Waals surface area contributed by atoms with Crippen LogP contribution >= 0.6 is 0 Å². The summed E-state index contributed by atoms with van der Waals surface area (Å²) in [5, 5.41) is 9.17. The van der Waals surface area contributed by atoms with E-state index < -0.39 is 0 Å². The van der Waals surface area contributed by atoms with Crippen LogP contribution in [0.15, 0.2) is 42.5 Å². The first-order valence-electron chi connectivity index (χ1n) is 12.0. The van der Waals surface area contributed by atoms with Crippen molar-refractivity contribution in [3.8, 4) is 5.75 Å². The number of ether oxygens (including phenoxy) is 2. The first-order chi connectivity index (χ1) is 16.0. The molecule has 0 radical (unpaired) electrons. The third-order valence-corrected chi connectivity index (χ3v) is 5.94. The molecule has 1 N–H and O–H groups in total. The minimum atomic E-state index is -0.107. The van der Waals surface area contributed by atoms with E-state index in [1.807, 2.05) is 12.1 Å². The maximum absolute atomic E-state index is 12.8. The van der Waals surface area contributed by atoms with Crippen LogP contribution in [-0.4, -0.2) is 73.9 Å². The van der Waals surface area contributed by atoms with E-state index in [-0.39, 0.29) is 12.5 Å². The van der Waals surface area contributed by atoms with Gasteiger partial charge in [0.1, 0.15) is 12.4 Å². The number of carbonyl (C=O) groups excluding carboxylic acids is 1. The molecule has 0 fully saturated rings. The lowest BCUT2D eigenvalue weighted by Crippen LogP contribution is -2.30. The van der Waals surface area contributed by atoms with Crippen LogP contribution in [0.2, 0.25) is 0 Å². The molecule has 2 bridgehead atoms. The minimum absolute atomic E-state index is 0.0583. The highest BCUT2D eigenvalue weighted by Gasteiger charge is 2.16. The molecule has 0 unspecified atom stereocenters. The summed E-state index contributed by atoms with van der Waals surface area (Å²) < 4.78 is 11.9. The Balaban J connectivity index is 1.86. The molecule has 1 aliphatic rings. The van der Waals surface area contributed by atoms with Gasteiger partial charge in [-0.2, -0.15) is 0 Å². The summed E-state index contributed by atoms with van der Waals surface area (Å²) in [6.07, 6.45) is 1.85. The minimum Gasteiger partial charge on any atom is -0.491 e. The van der Waals surface area contributed by atoms with Crippen LogP contribution in [0.25, 0.3) is 0 Å². The van der Waals surface area contributed by atoms with Crippen LogP contribution in [0.3, 0.4) is 0 Å². The first-order valence-corrected chi connectivity index (χ1v) is 12.0. The molecule has 2 aromatic carbocycles. The molecule has 0 aliphatic carbocycles. The quantitative estimate of drug-likeness (QED) is 0.723. The molecular formula is C27H38N2O4. The number of carbonyl (C=O) groups is 1. The summed E-state index contributed by atoms with van der Waals surface area (Å²) in [6.45, 7) is 9.30. The molecule has 0 saturated heterocycles. The van der Waals surface area contributed by atoms with E-state index in [9.17, 15) is 9.90 Å². The Kier molecular flexibility index (Phi) is 9.73. The van der Waals surface area contributed by atoms with E-state index >= 15 is 0 Å². The standard InChI is InChI=1S/C27H38N2O4/c1-21(2)9-10-29-12-14-32-15-16-33-26-8-7-24(27(31)28(3)11-13-30)19-25(26)18-22-5-4-6-23(17-22)20-29/h4-8,17,19,21,30H,9-16,18,20H2,1-3H3. The lowest BCUT2D eigenvalue weighted by molar-refractivity contribution is 0.0758. The predicted molar refractivity (Wildman–Crippen MR) is 131 cm³/mol. The first kappa shape index (κ1) is 25.2. The molecule has 0 atom stereocenters. The number of nitrogens with zero attached hydrogens (tertiary/aromatic N) is 2. The van der Waals surface area contributed by atoms with Crippen molar-refractivity contribution in [2.75, 3.05) is 53.1 Å². The summed E-state index contributed by atoms with van der Waals surface area (Å²) in [6, 6.07) is 14.3. The van der Waals surface area contributed by atoms with Gasteiger partial charge in [0.05, 0.1) is 19.8 Å². The topological polar surface area (TPSA) is 62.2 Å². The van der Waals surface area contributed by atoms with Crippen molar-refractivity contribution in [3.05, 3.63) is 64.7 Å². The number of amides is 1. The molecule has 1 amide bonds. The highest BCUT2D eigenvalue weighted by atomic mass is 16.5. The molecule has 6 nitrogen and oxygen atoms in total. The van der Waals surface area contributed by atoms with E-state index in [4.69, 9.17) is 9.47 Å². The molecule has 0 spiro atoms. The zero-order chi connectivity index (χ0) is 23.6. The van der Waals surface area contributed by atoms with Gasteiger partial charge in [0, 0.05) is 38.7 Å². The number of rotatable bonds is 6. The van der Waals surface area contributed by atoms with E-state index in [1.54, 1.807) is 13.1 Å². The van der Waals surface area contributed by atoms with Gasteiger partial charge < -0.3 is 19.5 Å².